The van der Waals surface area contributed by atoms with E-state index in [4.69, 9.17) is 9.47 Å². The Morgan fingerprint density at radius 2 is 2.13 bits per heavy atom. The molecule has 1 saturated heterocycles. The van der Waals surface area contributed by atoms with Crippen molar-refractivity contribution in [3.8, 4) is 0 Å². The second-order valence-electron chi connectivity index (χ2n) is 5.54. The molecule has 0 bridgehead atoms. The van der Waals surface area contributed by atoms with Crippen LogP contribution in [0.4, 0.5) is 0 Å². The van der Waals surface area contributed by atoms with Crippen LogP contribution < -0.4 is 5.32 Å². The van der Waals surface area contributed by atoms with Gasteiger partial charge in [-0.2, -0.15) is 0 Å². The first-order chi connectivity index (χ1) is 6.97. The molecule has 90 valence electrons. The van der Waals surface area contributed by atoms with E-state index in [0.29, 0.717) is 5.41 Å². The Kier molecular flexibility index (Phi) is 4.56. The molecule has 0 spiro atoms. The van der Waals surface area contributed by atoms with Gasteiger partial charge in [0.05, 0.1) is 12.2 Å². The van der Waals surface area contributed by atoms with E-state index in [-0.39, 0.29) is 5.60 Å². The minimum absolute atomic E-state index is 0.0275. The molecule has 0 aliphatic carbocycles. The van der Waals surface area contributed by atoms with Crippen LogP contribution in [0.3, 0.4) is 0 Å². The molecule has 15 heavy (non-hydrogen) atoms. The topological polar surface area (TPSA) is 30.5 Å². The monoisotopic (exact) mass is 215 g/mol. The molecule has 0 saturated carbocycles. The van der Waals surface area contributed by atoms with E-state index < -0.39 is 0 Å². The summed E-state index contributed by atoms with van der Waals surface area (Å²) in [6.07, 6.45) is 2.24. The average molecular weight is 215 g/mol. The van der Waals surface area contributed by atoms with Crippen LogP contribution in [0.2, 0.25) is 0 Å². The van der Waals surface area contributed by atoms with Gasteiger partial charge in [0.25, 0.3) is 0 Å². The molecule has 1 unspecified atom stereocenters. The lowest BCUT2D eigenvalue weighted by Crippen LogP contribution is -2.35. The average Bonchev–Trinajstić information content (AvgIpc) is 2.52. The van der Waals surface area contributed by atoms with E-state index in [2.05, 4.69) is 26.1 Å². The predicted octanol–water partition coefficient (Wildman–Crippen LogP) is 1.82. The lowest BCUT2D eigenvalue weighted by molar-refractivity contribution is -0.0198. The van der Waals surface area contributed by atoms with E-state index >= 15 is 0 Å². The molecule has 0 aromatic carbocycles. The summed E-state index contributed by atoms with van der Waals surface area (Å²) in [6, 6.07) is 0. The summed E-state index contributed by atoms with van der Waals surface area (Å²) in [4.78, 5) is 0. The summed E-state index contributed by atoms with van der Waals surface area (Å²) in [7, 11) is 2.00. The van der Waals surface area contributed by atoms with Crippen LogP contribution in [0.25, 0.3) is 0 Å². The molecule has 0 aromatic rings. The van der Waals surface area contributed by atoms with Crippen LogP contribution in [0.1, 0.15) is 33.6 Å². The Bertz CT molecular complexity index is 181. The molecule has 3 nitrogen and oxygen atoms in total. The third-order valence-electron chi connectivity index (χ3n) is 2.90. The smallest absolute Gasteiger partial charge is 0.0598 e. The van der Waals surface area contributed by atoms with Crippen molar-refractivity contribution in [2.24, 2.45) is 5.41 Å². The maximum atomic E-state index is 5.78. The fourth-order valence-corrected chi connectivity index (χ4v) is 2.02. The zero-order valence-electron chi connectivity index (χ0n) is 10.6. The van der Waals surface area contributed by atoms with Crippen molar-refractivity contribution in [2.45, 2.75) is 39.2 Å². The molecule has 1 heterocycles. The molecule has 1 atom stereocenters. The number of hydrogen-bond donors (Lipinski definition) is 1. The quantitative estimate of drug-likeness (QED) is 0.759. The van der Waals surface area contributed by atoms with Crippen LogP contribution in [0.15, 0.2) is 0 Å². The summed E-state index contributed by atoms with van der Waals surface area (Å²) in [6.45, 7) is 9.93. The first-order valence-electron chi connectivity index (χ1n) is 5.84. The van der Waals surface area contributed by atoms with Gasteiger partial charge in [-0.15, -0.1) is 0 Å². The maximum absolute atomic E-state index is 5.78. The maximum Gasteiger partial charge on any atom is 0.0598 e. The summed E-state index contributed by atoms with van der Waals surface area (Å²) in [5.41, 5.74) is 0.278. The van der Waals surface area contributed by atoms with Crippen molar-refractivity contribution in [1.29, 1.82) is 0 Å². The van der Waals surface area contributed by atoms with Crippen molar-refractivity contribution >= 4 is 0 Å². The normalized spacial score (nSPS) is 27.2. The van der Waals surface area contributed by atoms with Gasteiger partial charge >= 0.3 is 0 Å². The molecule has 3 heteroatoms. The van der Waals surface area contributed by atoms with Gasteiger partial charge in [-0.1, -0.05) is 0 Å². The second kappa shape index (κ2) is 5.28. The van der Waals surface area contributed by atoms with Gasteiger partial charge in [0, 0.05) is 25.2 Å². The van der Waals surface area contributed by atoms with Gasteiger partial charge in [0.15, 0.2) is 0 Å². The summed E-state index contributed by atoms with van der Waals surface area (Å²) in [5.74, 6) is 0. The van der Waals surface area contributed by atoms with E-state index in [9.17, 15) is 0 Å². The first-order valence-corrected chi connectivity index (χ1v) is 5.84. The molecule has 1 N–H and O–H groups in total. The van der Waals surface area contributed by atoms with Gasteiger partial charge in [-0.25, -0.2) is 0 Å². The summed E-state index contributed by atoms with van der Waals surface area (Å²) in [5, 5.41) is 3.26. The first kappa shape index (κ1) is 12.9. The molecule has 1 aliphatic rings. The van der Waals surface area contributed by atoms with Gasteiger partial charge in [-0.3, -0.25) is 0 Å². The highest BCUT2D eigenvalue weighted by Gasteiger charge is 2.34. The lowest BCUT2D eigenvalue weighted by Gasteiger charge is -2.29. The van der Waals surface area contributed by atoms with Gasteiger partial charge in [-0.05, 0) is 40.7 Å². The zero-order valence-corrected chi connectivity index (χ0v) is 10.6. The zero-order chi connectivity index (χ0) is 11.4. The van der Waals surface area contributed by atoms with Crippen molar-refractivity contribution in [3.63, 3.8) is 0 Å². The van der Waals surface area contributed by atoms with Crippen LogP contribution in [0, 0.1) is 5.41 Å². The minimum atomic E-state index is -0.0275. The molecule has 1 rings (SSSR count). The predicted molar refractivity (Wildman–Crippen MR) is 62.1 cm³/mol. The van der Waals surface area contributed by atoms with Crippen molar-refractivity contribution in [3.05, 3.63) is 0 Å². The standard InChI is InChI=1S/C12H25NO2/c1-11(2,3)15-8-6-12(9-13-4)5-7-14-10-12/h13H,5-10H2,1-4H3. The number of ether oxygens (including phenoxy) is 2. The molecule has 1 fully saturated rings. The highest BCUT2D eigenvalue weighted by atomic mass is 16.5. The Balaban J connectivity index is 2.32. The molecular formula is C12H25NO2. The number of hydrogen-bond acceptors (Lipinski definition) is 3. The Morgan fingerprint density at radius 1 is 1.40 bits per heavy atom. The van der Waals surface area contributed by atoms with Crippen LogP contribution >= 0.6 is 0 Å². The van der Waals surface area contributed by atoms with Crippen molar-refractivity contribution in [2.75, 3.05) is 33.4 Å². The van der Waals surface area contributed by atoms with Crippen LogP contribution in [-0.2, 0) is 9.47 Å². The van der Waals surface area contributed by atoms with Crippen LogP contribution in [0.5, 0.6) is 0 Å². The highest BCUT2D eigenvalue weighted by Crippen LogP contribution is 2.32. The summed E-state index contributed by atoms with van der Waals surface area (Å²) >= 11 is 0. The van der Waals surface area contributed by atoms with Gasteiger partial charge < -0.3 is 14.8 Å². The SMILES string of the molecule is CNCC1(CCOC(C)(C)C)CCOC1. The largest absolute Gasteiger partial charge is 0.381 e. The fourth-order valence-electron chi connectivity index (χ4n) is 2.02. The third-order valence-corrected chi connectivity index (χ3v) is 2.90. The lowest BCUT2D eigenvalue weighted by atomic mass is 9.84. The Hall–Kier alpha value is -0.120. The molecule has 1 aliphatic heterocycles. The molecule has 0 aromatic heterocycles. The molecular weight excluding hydrogens is 190 g/mol. The van der Waals surface area contributed by atoms with Gasteiger partial charge in [0.1, 0.15) is 0 Å². The molecule has 0 amide bonds. The van der Waals surface area contributed by atoms with E-state index in [1.165, 1.54) is 0 Å². The number of nitrogens with one attached hydrogen (secondary N) is 1. The Labute approximate surface area is 93.5 Å². The number of rotatable bonds is 5. The Morgan fingerprint density at radius 3 is 2.60 bits per heavy atom. The van der Waals surface area contributed by atoms with Gasteiger partial charge in [0.2, 0.25) is 0 Å². The van der Waals surface area contributed by atoms with Crippen molar-refractivity contribution < 1.29 is 9.47 Å². The van der Waals surface area contributed by atoms with Crippen LogP contribution in [-0.4, -0.2) is 39.0 Å². The minimum Gasteiger partial charge on any atom is -0.381 e. The second-order valence-corrected chi connectivity index (χ2v) is 5.54. The van der Waals surface area contributed by atoms with Crippen molar-refractivity contribution in [1.82, 2.24) is 5.32 Å². The van der Waals surface area contributed by atoms with E-state index in [0.717, 1.165) is 39.2 Å². The fraction of sp³-hybridized carbons (Fsp3) is 1.00. The third kappa shape index (κ3) is 4.49. The van der Waals surface area contributed by atoms with E-state index in [1.54, 1.807) is 0 Å². The molecule has 0 radical (unpaired) electrons. The summed E-state index contributed by atoms with van der Waals surface area (Å²) < 4.78 is 11.3. The highest BCUT2D eigenvalue weighted by molar-refractivity contribution is 4.85. The van der Waals surface area contributed by atoms with E-state index in [1.807, 2.05) is 7.05 Å².